The lowest BCUT2D eigenvalue weighted by molar-refractivity contribution is 0.474. The van der Waals surface area contributed by atoms with E-state index in [2.05, 4.69) is 15.0 Å². The molecule has 0 radical (unpaired) electrons. The molecule has 6 heteroatoms. The molecule has 3 N–H and O–H groups in total. The molecule has 0 saturated heterocycles. The maximum Gasteiger partial charge on any atom is 0.162 e. The molecule has 0 aliphatic heterocycles. The molecular formula is C12H15N3O3. The van der Waals surface area contributed by atoms with Crippen molar-refractivity contribution in [2.75, 3.05) is 0 Å². The van der Waals surface area contributed by atoms with E-state index in [0.717, 1.165) is 18.8 Å². The molecule has 6 nitrogen and oxygen atoms in total. The van der Waals surface area contributed by atoms with Crippen LogP contribution in [0, 0.1) is 0 Å². The molecule has 0 unspecified atom stereocenters. The summed E-state index contributed by atoms with van der Waals surface area (Å²) in [4.78, 5) is 12.3. The first-order chi connectivity index (χ1) is 8.53. The highest BCUT2D eigenvalue weighted by Crippen LogP contribution is 2.16. The van der Waals surface area contributed by atoms with Crippen LogP contribution in [-0.4, -0.2) is 30.3 Å². The molecule has 0 aliphatic carbocycles. The largest absolute Gasteiger partial charge is 0.515 e. The monoisotopic (exact) mass is 249 g/mol. The number of allylic oxidation sites excluding steroid dienone is 3. The standard InChI is InChI=1S/C12H15N3O3/c1-7(4-16)10-13-11(8(2)5-17)15-12(14-10)9(3)6-18/h4-6,16-18H,1-3H3/b7-4-,8-5-,9-6-. The Balaban J connectivity index is 3.48. The van der Waals surface area contributed by atoms with Gasteiger partial charge in [-0.05, 0) is 20.8 Å². The lowest BCUT2D eigenvalue weighted by atomic mass is 10.2. The molecule has 0 saturated carbocycles. The van der Waals surface area contributed by atoms with E-state index in [0.29, 0.717) is 16.7 Å². The van der Waals surface area contributed by atoms with Gasteiger partial charge in [-0.1, -0.05) is 0 Å². The van der Waals surface area contributed by atoms with Crippen LogP contribution in [-0.2, 0) is 0 Å². The maximum absolute atomic E-state index is 8.97. The van der Waals surface area contributed by atoms with Crippen molar-refractivity contribution in [3.05, 3.63) is 36.3 Å². The Bertz CT molecular complexity index is 445. The third kappa shape index (κ3) is 2.85. The number of hydrogen-bond donors (Lipinski definition) is 3. The Morgan fingerprint density at radius 2 is 0.889 bits per heavy atom. The molecule has 0 bridgehead atoms. The van der Waals surface area contributed by atoms with Crippen molar-refractivity contribution in [1.82, 2.24) is 15.0 Å². The minimum Gasteiger partial charge on any atom is -0.515 e. The fourth-order valence-electron chi connectivity index (χ4n) is 1.08. The third-order valence-electron chi connectivity index (χ3n) is 2.27. The fourth-order valence-corrected chi connectivity index (χ4v) is 1.08. The highest BCUT2D eigenvalue weighted by Gasteiger charge is 2.11. The van der Waals surface area contributed by atoms with Gasteiger partial charge < -0.3 is 15.3 Å². The van der Waals surface area contributed by atoms with Crippen LogP contribution in [0.1, 0.15) is 38.2 Å². The summed E-state index contributed by atoms with van der Waals surface area (Å²) in [6.07, 6.45) is 2.66. The predicted molar refractivity (Wildman–Crippen MR) is 68.7 cm³/mol. The Hall–Kier alpha value is -2.37. The molecule has 0 spiro atoms. The number of rotatable bonds is 3. The number of hydrogen-bond acceptors (Lipinski definition) is 6. The molecule has 0 aromatic carbocycles. The van der Waals surface area contributed by atoms with Crippen molar-refractivity contribution in [3.63, 3.8) is 0 Å². The molecule has 18 heavy (non-hydrogen) atoms. The zero-order chi connectivity index (χ0) is 13.7. The van der Waals surface area contributed by atoms with Crippen molar-refractivity contribution in [3.8, 4) is 0 Å². The van der Waals surface area contributed by atoms with Gasteiger partial charge in [0, 0.05) is 16.7 Å². The number of nitrogens with zero attached hydrogens (tertiary/aromatic N) is 3. The van der Waals surface area contributed by atoms with Crippen molar-refractivity contribution >= 4 is 16.7 Å². The van der Waals surface area contributed by atoms with Crippen LogP contribution in [0.4, 0.5) is 0 Å². The van der Waals surface area contributed by atoms with E-state index in [-0.39, 0.29) is 17.5 Å². The van der Waals surface area contributed by atoms with Crippen LogP contribution in [0.2, 0.25) is 0 Å². The summed E-state index contributed by atoms with van der Waals surface area (Å²) in [6, 6.07) is 0. The molecular weight excluding hydrogens is 234 g/mol. The van der Waals surface area contributed by atoms with Gasteiger partial charge in [-0.3, -0.25) is 0 Å². The van der Waals surface area contributed by atoms with E-state index in [1.807, 2.05) is 0 Å². The van der Waals surface area contributed by atoms with Gasteiger partial charge in [0.15, 0.2) is 17.5 Å². The Kier molecular flexibility index (Phi) is 4.42. The first-order valence-corrected chi connectivity index (χ1v) is 5.23. The van der Waals surface area contributed by atoms with E-state index in [1.54, 1.807) is 20.8 Å². The molecule has 96 valence electrons. The van der Waals surface area contributed by atoms with Crippen LogP contribution in [0.25, 0.3) is 16.7 Å². The smallest absolute Gasteiger partial charge is 0.162 e. The van der Waals surface area contributed by atoms with Crippen LogP contribution in [0.3, 0.4) is 0 Å². The van der Waals surface area contributed by atoms with E-state index < -0.39 is 0 Å². The minimum atomic E-state index is 0.278. The minimum absolute atomic E-state index is 0.278. The first kappa shape index (κ1) is 13.7. The second-order valence-corrected chi connectivity index (χ2v) is 3.74. The molecule has 0 aliphatic rings. The van der Waals surface area contributed by atoms with Crippen LogP contribution in [0.15, 0.2) is 18.8 Å². The lowest BCUT2D eigenvalue weighted by Crippen LogP contribution is -2.05. The normalized spacial score (nSPS) is 13.8. The van der Waals surface area contributed by atoms with Crippen molar-refractivity contribution in [2.24, 2.45) is 0 Å². The van der Waals surface area contributed by atoms with Gasteiger partial charge in [0.2, 0.25) is 0 Å². The molecule has 1 rings (SSSR count). The summed E-state index contributed by atoms with van der Waals surface area (Å²) in [7, 11) is 0. The van der Waals surface area contributed by atoms with E-state index in [4.69, 9.17) is 15.3 Å². The van der Waals surface area contributed by atoms with E-state index >= 15 is 0 Å². The van der Waals surface area contributed by atoms with E-state index in [1.165, 1.54) is 0 Å². The van der Waals surface area contributed by atoms with Gasteiger partial charge in [-0.15, -0.1) is 0 Å². The highest BCUT2D eigenvalue weighted by molar-refractivity contribution is 5.64. The van der Waals surface area contributed by atoms with Crippen LogP contribution >= 0.6 is 0 Å². The lowest BCUT2D eigenvalue weighted by Gasteiger charge is -2.06. The Labute approximate surface area is 105 Å². The predicted octanol–water partition coefficient (Wildman–Crippen LogP) is 2.63. The average molecular weight is 249 g/mol. The number of aromatic nitrogens is 3. The average Bonchev–Trinajstić information content (AvgIpc) is 2.43. The molecule has 1 heterocycles. The summed E-state index contributed by atoms with van der Waals surface area (Å²) < 4.78 is 0. The maximum atomic E-state index is 8.97. The molecule has 0 fully saturated rings. The molecule has 0 amide bonds. The summed E-state index contributed by atoms with van der Waals surface area (Å²) in [5, 5.41) is 26.9. The molecule has 1 aromatic rings. The van der Waals surface area contributed by atoms with Crippen molar-refractivity contribution in [2.45, 2.75) is 20.8 Å². The number of aliphatic hydroxyl groups excluding tert-OH is 3. The van der Waals surface area contributed by atoms with Gasteiger partial charge >= 0.3 is 0 Å². The zero-order valence-corrected chi connectivity index (χ0v) is 10.4. The topological polar surface area (TPSA) is 99.4 Å². The van der Waals surface area contributed by atoms with Gasteiger partial charge in [0.05, 0.1) is 18.8 Å². The second-order valence-electron chi connectivity index (χ2n) is 3.74. The summed E-state index contributed by atoms with van der Waals surface area (Å²) >= 11 is 0. The quantitative estimate of drug-likeness (QED) is 0.712. The van der Waals surface area contributed by atoms with E-state index in [9.17, 15) is 0 Å². The van der Waals surface area contributed by atoms with Crippen molar-refractivity contribution < 1.29 is 15.3 Å². The van der Waals surface area contributed by atoms with Gasteiger partial charge in [-0.25, -0.2) is 15.0 Å². The Morgan fingerprint density at radius 3 is 1.06 bits per heavy atom. The van der Waals surface area contributed by atoms with Crippen molar-refractivity contribution in [1.29, 1.82) is 0 Å². The third-order valence-corrected chi connectivity index (χ3v) is 2.27. The van der Waals surface area contributed by atoms with Gasteiger partial charge in [0.1, 0.15) is 0 Å². The first-order valence-electron chi connectivity index (χ1n) is 5.23. The zero-order valence-electron chi connectivity index (χ0n) is 10.4. The second kappa shape index (κ2) is 5.81. The summed E-state index contributed by atoms with van der Waals surface area (Å²) in [5.74, 6) is 0.833. The fraction of sp³-hybridized carbons (Fsp3) is 0.250. The highest BCUT2D eigenvalue weighted by atomic mass is 16.2. The van der Waals surface area contributed by atoms with Gasteiger partial charge in [-0.2, -0.15) is 0 Å². The van der Waals surface area contributed by atoms with Crippen LogP contribution < -0.4 is 0 Å². The van der Waals surface area contributed by atoms with Crippen LogP contribution in [0.5, 0.6) is 0 Å². The summed E-state index contributed by atoms with van der Waals surface area (Å²) in [5.41, 5.74) is 1.36. The Morgan fingerprint density at radius 1 is 0.667 bits per heavy atom. The summed E-state index contributed by atoms with van der Waals surface area (Å²) in [6.45, 7) is 4.91. The SMILES string of the molecule is C/C(=C/O)c1nc(/C(C)=C\O)nc(/C(C)=C\O)n1. The number of aliphatic hydroxyl groups is 3. The molecule has 0 atom stereocenters. The van der Waals surface area contributed by atoms with Gasteiger partial charge in [0.25, 0.3) is 0 Å². The molecule has 1 aromatic heterocycles.